The minimum atomic E-state index is -1.01. The zero-order valence-corrected chi connectivity index (χ0v) is 10.2. The second-order valence-electron chi connectivity index (χ2n) is 4.40. The molecule has 0 aliphatic carbocycles. The lowest BCUT2D eigenvalue weighted by molar-refractivity contribution is 0.0697. The van der Waals surface area contributed by atoms with Crippen molar-refractivity contribution in [3.8, 4) is 5.69 Å². The zero-order chi connectivity index (χ0) is 13.3. The number of aromatic amines is 1. The van der Waals surface area contributed by atoms with Crippen molar-refractivity contribution < 1.29 is 9.90 Å². The maximum Gasteiger partial charge on any atom is 0.335 e. The van der Waals surface area contributed by atoms with Crippen LogP contribution in [0.1, 0.15) is 35.8 Å². The van der Waals surface area contributed by atoms with E-state index in [0.29, 0.717) is 5.69 Å². The molecular formula is C13H14N2O3. The largest absolute Gasteiger partial charge is 0.478 e. The third-order valence-electron chi connectivity index (χ3n) is 2.71. The van der Waals surface area contributed by atoms with Gasteiger partial charge in [0, 0.05) is 11.8 Å². The van der Waals surface area contributed by atoms with E-state index in [1.54, 1.807) is 12.1 Å². The number of hydrogen-bond donors (Lipinski definition) is 2. The van der Waals surface area contributed by atoms with Gasteiger partial charge in [0.15, 0.2) is 0 Å². The van der Waals surface area contributed by atoms with Crippen LogP contribution in [-0.4, -0.2) is 20.9 Å². The first-order valence-electron chi connectivity index (χ1n) is 5.64. The summed E-state index contributed by atoms with van der Waals surface area (Å²) in [5.41, 5.74) is 1.30. The van der Waals surface area contributed by atoms with Crippen molar-refractivity contribution in [1.82, 2.24) is 9.78 Å². The van der Waals surface area contributed by atoms with Gasteiger partial charge in [-0.2, -0.15) is 0 Å². The Bertz CT molecular complexity index is 638. The van der Waals surface area contributed by atoms with Gasteiger partial charge in [-0.1, -0.05) is 19.9 Å². The molecule has 0 saturated carbocycles. The van der Waals surface area contributed by atoms with Gasteiger partial charge in [-0.25, -0.2) is 9.48 Å². The Balaban J connectivity index is 2.52. The quantitative estimate of drug-likeness (QED) is 0.869. The topological polar surface area (TPSA) is 75.1 Å². The number of nitrogens with zero attached hydrogens (tertiary/aromatic N) is 1. The van der Waals surface area contributed by atoms with Gasteiger partial charge in [-0.3, -0.25) is 9.89 Å². The van der Waals surface area contributed by atoms with Crippen LogP contribution in [0.25, 0.3) is 5.69 Å². The van der Waals surface area contributed by atoms with Gasteiger partial charge in [0.05, 0.1) is 11.3 Å². The van der Waals surface area contributed by atoms with E-state index in [1.807, 2.05) is 13.8 Å². The van der Waals surface area contributed by atoms with Crippen LogP contribution in [0.5, 0.6) is 0 Å². The molecule has 1 aromatic carbocycles. The number of H-pyrrole nitrogens is 1. The molecule has 5 heteroatoms. The van der Waals surface area contributed by atoms with Gasteiger partial charge in [-0.15, -0.1) is 0 Å². The van der Waals surface area contributed by atoms with E-state index in [4.69, 9.17) is 5.11 Å². The van der Waals surface area contributed by atoms with E-state index in [2.05, 4.69) is 5.10 Å². The zero-order valence-electron chi connectivity index (χ0n) is 10.2. The molecule has 2 rings (SSSR count). The first kappa shape index (κ1) is 12.2. The first-order chi connectivity index (χ1) is 8.49. The van der Waals surface area contributed by atoms with E-state index < -0.39 is 5.97 Å². The van der Waals surface area contributed by atoms with E-state index in [9.17, 15) is 9.59 Å². The number of carbonyl (C=O) groups is 1. The Kier molecular flexibility index (Phi) is 3.06. The maximum absolute atomic E-state index is 11.8. The number of aromatic carboxylic acids is 1. The van der Waals surface area contributed by atoms with Gasteiger partial charge in [-0.05, 0) is 24.1 Å². The summed E-state index contributed by atoms with van der Waals surface area (Å²) in [6.07, 6.45) is 0. The minimum absolute atomic E-state index is 0.153. The van der Waals surface area contributed by atoms with Crippen LogP contribution >= 0.6 is 0 Å². The molecule has 94 valence electrons. The molecule has 5 nitrogen and oxygen atoms in total. The Labute approximate surface area is 104 Å². The van der Waals surface area contributed by atoms with Crippen molar-refractivity contribution in [1.29, 1.82) is 0 Å². The molecule has 0 aliphatic rings. The number of benzene rings is 1. The van der Waals surface area contributed by atoms with Gasteiger partial charge in [0.25, 0.3) is 5.56 Å². The molecule has 2 aromatic rings. The van der Waals surface area contributed by atoms with Gasteiger partial charge < -0.3 is 5.11 Å². The van der Waals surface area contributed by atoms with Gasteiger partial charge >= 0.3 is 5.97 Å². The number of nitrogens with one attached hydrogen (secondary N) is 1. The Morgan fingerprint density at radius 1 is 1.33 bits per heavy atom. The summed E-state index contributed by atoms with van der Waals surface area (Å²) < 4.78 is 1.35. The van der Waals surface area contributed by atoms with Crippen LogP contribution in [0.2, 0.25) is 0 Å². The second kappa shape index (κ2) is 4.52. The molecule has 1 heterocycles. The second-order valence-corrected chi connectivity index (χ2v) is 4.40. The summed E-state index contributed by atoms with van der Waals surface area (Å²) in [5.74, 6) is -0.804. The van der Waals surface area contributed by atoms with Crippen LogP contribution in [0.15, 0.2) is 35.1 Å². The highest BCUT2D eigenvalue weighted by Crippen LogP contribution is 2.12. The van der Waals surface area contributed by atoms with Gasteiger partial charge in [0.1, 0.15) is 0 Å². The molecular weight excluding hydrogens is 232 g/mol. The van der Waals surface area contributed by atoms with Crippen LogP contribution in [0, 0.1) is 0 Å². The van der Waals surface area contributed by atoms with Crippen LogP contribution in [0.3, 0.4) is 0 Å². The summed E-state index contributed by atoms with van der Waals surface area (Å²) >= 11 is 0. The normalized spacial score (nSPS) is 10.8. The van der Waals surface area contributed by atoms with Crippen molar-refractivity contribution in [3.05, 3.63) is 51.9 Å². The predicted molar refractivity (Wildman–Crippen MR) is 67.4 cm³/mol. The summed E-state index contributed by atoms with van der Waals surface area (Å²) in [4.78, 5) is 22.7. The number of aromatic nitrogens is 2. The number of carboxylic acids is 1. The maximum atomic E-state index is 11.8. The third kappa shape index (κ3) is 2.20. The summed E-state index contributed by atoms with van der Waals surface area (Å²) in [6, 6.07) is 7.78. The molecule has 0 saturated heterocycles. The van der Waals surface area contributed by atoms with E-state index >= 15 is 0 Å². The molecule has 0 fully saturated rings. The fraction of sp³-hybridized carbons (Fsp3) is 0.231. The smallest absolute Gasteiger partial charge is 0.335 e. The molecule has 0 amide bonds. The Morgan fingerprint density at radius 2 is 2.06 bits per heavy atom. The lowest BCUT2D eigenvalue weighted by Gasteiger charge is -2.04. The highest BCUT2D eigenvalue weighted by Gasteiger charge is 2.09. The molecule has 0 spiro atoms. The average molecular weight is 246 g/mol. The fourth-order valence-electron chi connectivity index (χ4n) is 1.68. The average Bonchev–Trinajstić information content (AvgIpc) is 2.72. The van der Waals surface area contributed by atoms with Crippen LogP contribution < -0.4 is 5.56 Å². The summed E-state index contributed by atoms with van der Waals surface area (Å²) in [5, 5.41) is 11.9. The lowest BCUT2D eigenvalue weighted by Crippen LogP contribution is -2.14. The molecule has 1 aromatic heterocycles. The van der Waals surface area contributed by atoms with Crippen molar-refractivity contribution in [2.75, 3.05) is 0 Å². The van der Waals surface area contributed by atoms with Crippen molar-refractivity contribution in [2.45, 2.75) is 19.8 Å². The predicted octanol–water partition coefficient (Wildman–Crippen LogP) is 1.99. The van der Waals surface area contributed by atoms with Crippen LogP contribution in [0.4, 0.5) is 0 Å². The monoisotopic (exact) mass is 246 g/mol. The highest BCUT2D eigenvalue weighted by molar-refractivity contribution is 5.88. The van der Waals surface area contributed by atoms with Gasteiger partial charge in [0.2, 0.25) is 0 Å². The fourth-order valence-corrected chi connectivity index (χ4v) is 1.68. The molecule has 2 N–H and O–H groups in total. The molecule has 0 radical (unpaired) electrons. The minimum Gasteiger partial charge on any atom is -0.478 e. The number of hydrogen-bond acceptors (Lipinski definition) is 2. The lowest BCUT2D eigenvalue weighted by atomic mass is 10.1. The molecule has 0 unspecified atom stereocenters. The number of carboxylic acid groups (broad SMARTS) is 1. The third-order valence-corrected chi connectivity index (χ3v) is 2.71. The number of rotatable bonds is 3. The molecule has 0 bridgehead atoms. The van der Waals surface area contributed by atoms with Crippen molar-refractivity contribution in [2.24, 2.45) is 0 Å². The standard InChI is InChI=1S/C13H14N2O3/c1-8(2)11-7-12(16)15(14-11)10-5-3-4-9(6-10)13(17)18/h3-8,14H,1-2H3,(H,17,18). The van der Waals surface area contributed by atoms with Crippen molar-refractivity contribution in [3.63, 3.8) is 0 Å². The van der Waals surface area contributed by atoms with E-state index in [0.717, 1.165) is 5.69 Å². The highest BCUT2D eigenvalue weighted by atomic mass is 16.4. The van der Waals surface area contributed by atoms with Crippen LogP contribution in [-0.2, 0) is 0 Å². The summed E-state index contributed by atoms with van der Waals surface area (Å²) in [6.45, 7) is 3.95. The Morgan fingerprint density at radius 3 is 2.61 bits per heavy atom. The van der Waals surface area contributed by atoms with Crippen molar-refractivity contribution >= 4 is 5.97 Å². The first-order valence-corrected chi connectivity index (χ1v) is 5.64. The Hall–Kier alpha value is -2.30. The molecule has 0 aliphatic heterocycles. The molecule has 18 heavy (non-hydrogen) atoms. The molecule has 0 atom stereocenters. The van der Waals surface area contributed by atoms with E-state index in [-0.39, 0.29) is 17.0 Å². The van der Waals surface area contributed by atoms with E-state index in [1.165, 1.54) is 22.9 Å². The summed E-state index contributed by atoms with van der Waals surface area (Å²) in [7, 11) is 0. The SMILES string of the molecule is CC(C)c1cc(=O)n(-c2cccc(C(=O)O)c2)[nH]1.